The molecule has 0 aliphatic carbocycles. The standard InChI is InChI=1S/C22H27N3O4/c1-3-28-22(27)19-14(2)29-21(24)17(12-23)20(19)15-7-8-18(26)16(11-15)13-25-9-5-4-6-10-25/h7-8,11,20,26H,3-6,9-10,13,24H2,1-2H3. The molecule has 3 N–H and O–H groups in total. The van der Waals surface area contributed by atoms with Crippen molar-refractivity contribution >= 4 is 5.97 Å². The maximum atomic E-state index is 12.6. The van der Waals surface area contributed by atoms with Crippen LogP contribution >= 0.6 is 0 Å². The average Bonchev–Trinajstić information content (AvgIpc) is 2.70. The molecule has 0 spiro atoms. The number of phenols is 1. The van der Waals surface area contributed by atoms with Crippen molar-refractivity contribution in [3.63, 3.8) is 0 Å². The molecule has 29 heavy (non-hydrogen) atoms. The number of aromatic hydroxyl groups is 1. The molecule has 0 amide bonds. The number of piperidine rings is 1. The Morgan fingerprint density at radius 2 is 2.10 bits per heavy atom. The maximum absolute atomic E-state index is 12.6. The molecule has 0 bridgehead atoms. The Hall–Kier alpha value is -2.98. The van der Waals surface area contributed by atoms with E-state index in [1.807, 2.05) is 6.07 Å². The van der Waals surface area contributed by atoms with Crippen LogP contribution < -0.4 is 5.73 Å². The van der Waals surface area contributed by atoms with E-state index >= 15 is 0 Å². The Kier molecular flexibility index (Phi) is 6.45. The van der Waals surface area contributed by atoms with Gasteiger partial charge in [-0.1, -0.05) is 12.5 Å². The van der Waals surface area contributed by atoms with Gasteiger partial charge in [-0.05, 0) is 57.5 Å². The lowest BCUT2D eigenvalue weighted by Crippen LogP contribution is -2.29. The van der Waals surface area contributed by atoms with Crippen LogP contribution in [0.25, 0.3) is 0 Å². The fraction of sp³-hybridized carbons (Fsp3) is 0.455. The first-order valence-corrected chi connectivity index (χ1v) is 9.95. The van der Waals surface area contributed by atoms with E-state index in [4.69, 9.17) is 15.2 Å². The van der Waals surface area contributed by atoms with Crippen LogP contribution in [0.4, 0.5) is 0 Å². The molecule has 1 saturated heterocycles. The first-order valence-electron chi connectivity index (χ1n) is 9.95. The number of likely N-dealkylation sites (tertiary alicyclic amines) is 1. The molecule has 1 fully saturated rings. The topological polar surface area (TPSA) is 109 Å². The monoisotopic (exact) mass is 397 g/mol. The van der Waals surface area contributed by atoms with E-state index in [0.717, 1.165) is 31.5 Å². The van der Waals surface area contributed by atoms with Gasteiger partial charge in [-0.15, -0.1) is 0 Å². The zero-order valence-electron chi connectivity index (χ0n) is 16.9. The van der Waals surface area contributed by atoms with Crippen LogP contribution in [0.5, 0.6) is 5.75 Å². The SMILES string of the molecule is CCOC(=O)C1=C(C)OC(N)=C(C#N)C1c1ccc(O)c(CN2CCCCC2)c1. The second kappa shape index (κ2) is 9.01. The quantitative estimate of drug-likeness (QED) is 0.735. The van der Waals surface area contributed by atoms with Crippen molar-refractivity contribution < 1.29 is 19.4 Å². The van der Waals surface area contributed by atoms with Gasteiger partial charge in [0.15, 0.2) is 0 Å². The molecule has 2 aliphatic rings. The van der Waals surface area contributed by atoms with Crippen molar-refractivity contribution in [3.8, 4) is 11.8 Å². The summed E-state index contributed by atoms with van der Waals surface area (Å²) in [7, 11) is 0. The third kappa shape index (κ3) is 4.38. The number of carbonyl (C=O) groups is 1. The largest absolute Gasteiger partial charge is 0.508 e. The Labute approximate surface area is 171 Å². The van der Waals surface area contributed by atoms with Crippen molar-refractivity contribution in [2.24, 2.45) is 5.73 Å². The summed E-state index contributed by atoms with van der Waals surface area (Å²) in [6.45, 7) is 6.16. The Balaban J connectivity index is 2.02. The predicted molar refractivity (Wildman–Crippen MR) is 107 cm³/mol. The number of esters is 1. The van der Waals surface area contributed by atoms with Crippen LogP contribution in [-0.2, 0) is 20.8 Å². The number of benzene rings is 1. The number of rotatable bonds is 5. The number of hydrogen-bond acceptors (Lipinski definition) is 7. The maximum Gasteiger partial charge on any atom is 0.338 e. The van der Waals surface area contributed by atoms with E-state index < -0.39 is 11.9 Å². The van der Waals surface area contributed by atoms with Gasteiger partial charge in [0.2, 0.25) is 5.88 Å². The van der Waals surface area contributed by atoms with Gasteiger partial charge in [0.05, 0.1) is 18.1 Å². The lowest BCUT2D eigenvalue weighted by Gasteiger charge is -2.29. The fourth-order valence-electron chi connectivity index (χ4n) is 3.96. The Bertz CT molecular complexity index is 892. The van der Waals surface area contributed by atoms with Crippen LogP contribution in [0.2, 0.25) is 0 Å². The van der Waals surface area contributed by atoms with E-state index in [9.17, 15) is 15.2 Å². The van der Waals surface area contributed by atoms with Crippen molar-refractivity contribution in [2.75, 3.05) is 19.7 Å². The van der Waals surface area contributed by atoms with Gasteiger partial charge >= 0.3 is 5.97 Å². The Morgan fingerprint density at radius 1 is 1.38 bits per heavy atom. The minimum absolute atomic E-state index is 0.0197. The van der Waals surface area contributed by atoms with Crippen molar-refractivity contribution in [1.29, 1.82) is 5.26 Å². The number of allylic oxidation sites excluding steroid dienone is 2. The fourth-order valence-corrected chi connectivity index (χ4v) is 3.96. The van der Waals surface area contributed by atoms with Crippen LogP contribution in [0, 0.1) is 11.3 Å². The van der Waals surface area contributed by atoms with Gasteiger partial charge in [-0.2, -0.15) is 5.26 Å². The van der Waals surface area contributed by atoms with Gasteiger partial charge in [-0.25, -0.2) is 4.79 Å². The molecule has 2 heterocycles. The molecule has 3 rings (SSSR count). The van der Waals surface area contributed by atoms with Crippen molar-refractivity contribution in [1.82, 2.24) is 4.90 Å². The van der Waals surface area contributed by atoms with Crippen LogP contribution in [-0.4, -0.2) is 35.7 Å². The number of nitriles is 1. The van der Waals surface area contributed by atoms with Crippen LogP contribution in [0.15, 0.2) is 41.0 Å². The molecule has 2 aliphatic heterocycles. The zero-order chi connectivity index (χ0) is 21.0. The van der Waals surface area contributed by atoms with Gasteiger partial charge in [-0.3, -0.25) is 4.90 Å². The summed E-state index contributed by atoms with van der Waals surface area (Å²) in [5.74, 6) is -0.751. The molecule has 0 aromatic heterocycles. The highest BCUT2D eigenvalue weighted by molar-refractivity contribution is 5.92. The number of carbonyl (C=O) groups excluding carboxylic acids is 1. The molecule has 1 aromatic carbocycles. The van der Waals surface area contributed by atoms with Gasteiger partial charge < -0.3 is 20.3 Å². The summed E-state index contributed by atoms with van der Waals surface area (Å²) < 4.78 is 10.7. The minimum Gasteiger partial charge on any atom is -0.508 e. The molecule has 1 atom stereocenters. The number of hydrogen-bond donors (Lipinski definition) is 2. The molecule has 7 heteroatoms. The normalized spacial score (nSPS) is 20.2. The summed E-state index contributed by atoms with van der Waals surface area (Å²) in [6.07, 6.45) is 3.52. The number of ether oxygens (including phenoxy) is 2. The molecule has 0 saturated carbocycles. The lowest BCUT2D eigenvalue weighted by atomic mass is 9.82. The average molecular weight is 397 g/mol. The minimum atomic E-state index is -0.700. The first-order chi connectivity index (χ1) is 14.0. The van der Waals surface area contributed by atoms with Gasteiger partial charge in [0.1, 0.15) is 23.2 Å². The summed E-state index contributed by atoms with van der Waals surface area (Å²) in [6, 6.07) is 7.24. The molecule has 1 unspecified atom stereocenters. The second-order valence-electron chi connectivity index (χ2n) is 7.34. The van der Waals surface area contributed by atoms with E-state index in [1.54, 1.807) is 26.0 Å². The van der Waals surface area contributed by atoms with E-state index in [2.05, 4.69) is 11.0 Å². The zero-order valence-corrected chi connectivity index (χ0v) is 16.9. The summed E-state index contributed by atoms with van der Waals surface area (Å²) in [5.41, 5.74) is 7.82. The van der Waals surface area contributed by atoms with Crippen LogP contribution in [0.1, 0.15) is 50.2 Å². The number of nitrogens with two attached hydrogens (primary N) is 1. The lowest BCUT2D eigenvalue weighted by molar-refractivity contribution is -0.139. The van der Waals surface area contributed by atoms with Crippen LogP contribution in [0.3, 0.4) is 0 Å². The second-order valence-corrected chi connectivity index (χ2v) is 7.34. The molecule has 154 valence electrons. The van der Waals surface area contributed by atoms with Crippen molar-refractivity contribution in [2.45, 2.75) is 45.6 Å². The third-order valence-corrected chi connectivity index (χ3v) is 5.38. The first kappa shape index (κ1) is 20.7. The Morgan fingerprint density at radius 3 is 2.76 bits per heavy atom. The molecule has 7 nitrogen and oxygen atoms in total. The predicted octanol–water partition coefficient (Wildman–Crippen LogP) is 3.02. The number of phenolic OH excluding ortho intramolecular Hbond substituents is 1. The highest BCUT2D eigenvalue weighted by Gasteiger charge is 2.36. The smallest absolute Gasteiger partial charge is 0.338 e. The molecular weight excluding hydrogens is 370 g/mol. The van der Waals surface area contributed by atoms with Crippen molar-refractivity contribution in [3.05, 3.63) is 52.1 Å². The van der Waals surface area contributed by atoms with E-state index in [0.29, 0.717) is 17.9 Å². The van der Waals surface area contributed by atoms with Gasteiger partial charge in [0.25, 0.3) is 0 Å². The van der Waals surface area contributed by atoms with Gasteiger partial charge in [0, 0.05) is 12.1 Å². The van der Waals surface area contributed by atoms with E-state index in [-0.39, 0.29) is 29.4 Å². The summed E-state index contributed by atoms with van der Waals surface area (Å²) in [5, 5.41) is 20.1. The molecular formula is C22H27N3O4. The summed E-state index contributed by atoms with van der Waals surface area (Å²) >= 11 is 0. The highest BCUT2D eigenvalue weighted by Crippen LogP contribution is 2.40. The molecule has 1 aromatic rings. The van der Waals surface area contributed by atoms with E-state index in [1.165, 1.54) is 6.42 Å². The third-order valence-electron chi connectivity index (χ3n) is 5.38. The highest BCUT2D eigenvalue weighted by atomic mass is 16.5. The number of nitrogens with zero attached hydrogens (tertiary/aromatic N) is 2. The summed E-state index contributed by atoms with van der Waals surface area (Å²) in [4.78, 5) is 14.9. The molecule has 0 radical (unpaired) electrons.